The van der Waals surface area contributed by atoms with Crippen molar-refractivity contribution in [2.75, 3.05) is 33.2 Å². The smallest absolute Gasteiger partial charge is 0.303 e. The molecule has 4 saturated carbocycles. The van der Waals surface area contributed by atoms with E-state index in [0.717, 1.165) is 29.9 Å². The van der Waals surface area contributed by atoms with Crippen molar-refractivity contribution < 1.29 is 40.5 Å². The second kappa shape index (κ2) is 12.0. The summed E-state index contributed by atoms with van der Waals surface area (Å²) in [6.45, 7) is 13.1. The minimum Gasteiger partial charge on any atom is -1.00 e. The number of nitrogens with zero attached hydrogens (tertiary/aromatic N) is 2. The number of halogens is 1. The van der Waals surface area contributed by atoms with Gasteiger partial charge in [-0.05, 0) is 113 Å². The monoisotopic (exact) mass is 636 g/mol. The van der Waals surface area contributed by atoms with Gasteiger partial charge in [0.15, 0.2) is 6.10 Å². The maximum Gasteiger partial charge on any atom is 0.303 e. The molecule has 0 N–H and O–H groups in total. The van der Waals surface area contributed by atoms with Crippen LogP contribution < -0.4 is 17.0 Å². The first kappa shape index (κ1) is 31.8. The summed E-state index contributed by atoms with van der Waals surface area (Å²) in [4.78, 5) is 27.4. The molecule has 2 aliphatic heterocycles. The van der Waals surface area contributed by atoms with Crippen LogP contribution in [-0.2, 0) is 19.1 Å². The highest BCUT2D eigenvalue weighted by molar-refractivity contribution is 5.66. The summed E-state index contributed by atoms with van der Waals surface area (Å²) in [5, 5.41) is 0. The van der Waals surface area contributed by atoms with Crippen LogP contribution in [0.15, 0.2) is 0 Å². The number of hydrogen-bond donors (Lipinski definition) is 0. The van der Waals surface area contributed by atoms with Crippen LogP contribution in [0, 0.1) is 34.5 Å². The molecule has 0 spiro atoms. The zero-order valence-electron chi connectivity index (χ0n) is 26.5. The van der Waals surface area contributed by atoms with Crippen LogP contribution in [-0.4, -0.2) is 78.8 Å². The molecule has 10 atom stereocenters. The zero-order chi connectivity index (χ0) is 28.3. The van der Waals surface area contributed by atoms with E-state index < -0.39 is 0 Å². The molecule has 0 radical (unpaired) electrons. The molecule has 6 aliphatic rings. The van der Waals surface area contributed by atoms with Gasteiger partial charge in [-0.25, -0.2) is 0 Å². The predicted octanol–water partition coefficient (Wildman–Crippen LogP) is 2.97. The lowest BCUT2D eigenvalue weighted by molar-refractivity contribution is -0.940. The highest BCUT2D eigenvalue weighted by Crippen LogP contribution is 2.67. The van der Waals surface area contributed by atoms with Gasteiger partial charge >= 0.3 is 11.9 Å². The minimum absolute atomic E-state index is 0. The molecule has 4 aliphatic carbocycles. The average molecular weight is 638 g/mol. The van der Waals surface area contributed by atoms with E-state index in [9.17, 15) is 9.59 Å². The van der Waals surface area contributed by atoms with E-state index in [1.807, 2.05) is 0 Å². The molecule has 0 aromatic carbocycles. The predicted molar refractivity (Wildman–Crippen MR) is 156 cm³/mol. The Morgan fingerprint density at radius 1 is 0.805 bits per heavy atom. The summed E-state index contributed by atoms with van der Waals surface area (Å²) in [7, 11) is 2.47. The number of likely N-dealkylation sites (N-methyl/N-ethyl adjacent to an activating group) is 1. The zero-order valence-corrected chi connectivity index (χ0v) is 28.1. The molecular weight excluding hydrogens is 580 g/mol. The Morgan fingerprint density at radius 3 is 2.12 bits per heavy atom. The molecule has 41 heavy (non-hydrogen) atoms. The Labute approximate surface area is 260 Å². The van der Waals surface area contributed by atoms with Crippen molar-refractivity contribution in [1.82, 2.24) is 4.90 Å². The van der Waals surface area contributed by atoms with E-state index in [1.165, 1.54) is 90.1 Å². The number of ether oxygens (including phenoxy) is 2. The summed E-state index contributed by atoms with van der Waals surface area (Å²) in [6.07, 6.45) is 16.3. The molecule has 2 heterocycles. The molecule has 6 rings (SSSR count). The summed E-state index contributed by atoms with van der Waals surface area (Å²) in [5.74, 6) is 2.50. The van der Waals surface area contributed by atoms with Gasteiger partial charge in [0.1, 0.15) is 12.1 Å². The first-order valence-corrected chi connectivity index (χ1v) is 17.0. The third kappa shape index (κ3) is 5.56. The van der Waals surface area contributed by atoms with Crippen LogP contribution >= 0.6 is 0 Å². The van der Waals surface area contributed by atoms with Gasteiger partial charge in [0.05, 0.1) is 20.1 Å². The topological polar surface area (TPSA) is 55.8 Å². The second-order valence-electron chi connectivity index (χ2n) is 15.8. The molecule has 6 nitrogen and oxygen atoms in total. The van der Waals surface area contributed by atoms with Gasteiger partial charge in [-0.15, -0.1) is 0 Å². The minimum atomic E-state index is -0.111. The summed E-state index contributed by atoms with van der Waals surface area (Å²) in [5.41, 5.74) is 0.377. The fourth-order valence-electron chi connectivity index (χ4n) is 11.7. The Morgan fingerprint density at radius 2 is 1.46 bits per heavy atom. The number of fused-ring (bicyclic) bond motifs is 5. The summed E-state index contributed by atoms with van der Waals surface area (Å²) < 4.78 is 13.5. The van der Waals surface area contributed by atoms with Crippen LogP contribution in [0.25, 0.3) is 0 Å². The van der Waals surface area contributed by atoms with Crippen molar-refractivity contribution in [3.8, 4) is 0 Å². The van der Waals surface area contributed by atoms with Crippen molar-refractivity contribution in [3.63, 3.8) is 0 Å². The van der Waals surface area contributed by atoms with Crippen molar-refractivity contribution in [3.05, 3.63) is 0 Å². The number of likely N-dealkylation sites (tertiary alicyclic amines) is 2. The largest absolute Gasteiger partial charge is 1.00 e. The Kier molecular flexibility index (Phi) is 9.32. The standard InChI is InChI=1S/C34H57N2O4.BrH/c1-23(37)39-31-20-25-12-13-26-27(34(25,4)22-29(31)35-16-8-6-9-17-35)14-15-33(3)28(26)21-30(32(33)40-24(2)38)36(5)18-10-7-11-19-36;/h25-32H,6-22H2,1-5H3;1H/q+1;/p-1/t25-,26+,27+,28-,29?,30?,31?,32?,33-,34-;/m0./s1. The maximum absolute atomic E-state index is 12.5. The molecule has 0 bridgehead atoms. The number of rotatable bonds is 4. The van der Waals surface area contributed by atoms with Gasteiger partial charge in [0, 0.05) is 31.7 Å². The van der Waals surface area contributed by atoms with Crippen LogP contribution in [0.2, 0.25) is 0 Å². The van der Waals surface area contributed by atoms with E-state index >= 15 is 0 Å². The molecule has 0 aromatic heterocycles. The van der Waals surface area contributed by atoms with Gasteiger partial charge in [0.25, 0.3) is 0 Å². The number of carbonyl (C=O) groups is 2. The van der Waals surface area contributed by atoms with E-state index in [2.05, 4.69) is 25.8 Å². The Hall–Kier alpha value is -0.660. The number of hydrogen-bond acceptors (Lipinski definition) is 5. The summed E-state index contributed by atoms with van der Waals surface area (Å²) in [6, 6.07) is 0.796. The molecule has 4 unspecified atom stereocenters. The van der Waals surface area contributed by atoms with E-state index in [0.29, 0.717) is 35.3 Å². The Balaban J connectivity index is 0.00000337. The van der Waals surface area contributed by atoms with E-state index in [1.54, 1.807) is 13.8 Å². The number of esters is 2. The quantitative estimate of drug-likeness (QED) is 0.351. The fourth-order valence-corrected chi connectivity index (χ4v) is 11.7. The molecule has 0 amide bonds. The highest BCUT2D eigenvalue weighted by Gasteiger charge is 2.67. The molecule has 234 valence electrons. The van der Waals surface area contributed by atoms with Crippen molar-refractivity contribution in [2.24, 2.45) is 34.5 Å². The SMILES string of the molecule is CC(=O)OC1C[C@@H]2CC[C@@H]3[C@@H](CC[C@]4(C)C(OC(C)=O)C([N+]5(C)CCCCC5)C[C@@H]34)[C@@]2(C)CC1N1CCCCC1.[Br-]. The van der Waals surface area contributed by atoms with Gasteiger partial charge < -0.3 is 30.9 Å². The van der Waals surface area contributed by atoms with Crippen LogP contribution in [0.1, 0.15) is 111 Å². The third-order valence-electron chi connectivity index (χ3n) is 13.7. The average Bonchev–Trinajstić information content (AvgIpc) is 3.21. The van der Waals surface area contributed by atoms with Gasteiger partial charge in [-0.3, -0.25) is 14.5 Å². The van der Waals surface area contributed by atoms with Crippen LogP contribution in [0.4, 0.5) is 0 Å². The normalized spacial score (nSPS) is 45.8. The molecule has 6 fully saturated rings. The molecule has 0 aromatic rings. The van der Waals surface area contributed by atoms with Gasteiger partial charge in [0.2, 0.25) is 0 Å². The lowest BCUT2D eigenvalue weighted by Gasteiger charge is -2.62. The number of quaternary nitrogens is 1. The van der Waals surface area contributed by atoms with Gasteiger partial charge in [-0.2, -0.15) is 0 Å². The highest BCUT2D eigenvalue weighted by atomic mass is 79.9. The lowest BCUT2D eigenvalue weighted by atomic mass is 9.44. The van der Waals surface area contributed by atoms with E-state index in [4.69, 9.17) is 9.47 Å². The van der Waals surface area contributed by atoms with Crippen LogP contribution in [0.5, 0.6) is 0 Å². The number of piperidine rings is 2. The molecular formula is C34H57BrN2O4. The number of carbonyl (C=O) groups excluding carboxylic acids is 2. The summed E-state index contributed by atoms with van der Waals surface area (Å²) >= 11 is 0. The first-order valence-electron chi connectivity index (χ1n) is 17.0. The second-order valence-corrected chi connectivity index (χ2v) is 15.8. The molecule has 2 saturated heterocycles. The van der Waals surface area contributed by atoms with Crippen LogP contribution in [0.3, 0.4) is 0 Å². The fraction of sp³-hybridized carbons (Fsp3) is 0.941. The maximum atomic E-state index is 12.5. The van der Waals surface area contributed by atoms with Crippen molar-refractivity contribution in [1.29, 1.82) is 0 Å². The lowest BCUT2D eigenvalue weighted by Crippen LogP contribution is -3.00. The third-order valence-corrected chi connectivity index (χ3v) is 13.7. The van der Waals surface area contributed by atoms with Crippen molar-refractivity contribution in [2.45, 2.75) is 135 Å². The van der Waals surface area contributed by atoms with Crippen molar-refractivity contribution >= 4 is 11.9 Å². The van der Waals surface area contributed by atoms with E-state index in [-0.39, 0.29) is 46.5 Å². The first-order chi connectivity index (χ1) is 19.0. The molecule has 7 heteroatoms. The van der Waals surface area contributed by atoms with Gasteiger partial charge in [-0.1, -0.05) is 20.3 Å². The Bertz CT molecular complexity index is 964.